The van der Waals surface area contributed by atoms with Gasteiger partial charge in [-0.25, -0.2) is 0 Å². The number of nitrogens with zero attached hydrogens (tertiary/aromatic N) is 3. The van der Waals surface area contributed by atoms with E-state index in [0.717, 1.165) is 15.6 Å². The van der Waals surface area contributed by atoms with Crippen LogP contribution in [0.15, 0.2) is 53.2 Å². The molecule has 0 aliphatic heterocycles. The van der Waals surface area contributed by atoms with Gasteiger partial charge in [0.05, 0.1) is 5.02 Å². The summed E-state index contributed by atoms with van der Waals surface area (Å²) in [6.07, 6.45) is 3.24. The number of carbonyl (C=O) groups is 1. The minimum Gasteiger partial charge on any atom is -0.403 e. The molecule has 0 radical (unpaired) electrons. The van der Waals surface area contributed by atoms with Crippen LogP contribution in [0.2, 0.25) is 5.02 Å². The van der Waals surface area contributed by atoms with E-state index in [1.54, 1.807) is 24.5 Å². The third-order valence-corrected chi connectivity index (χ3v) is 4.99. The lowest BCUT2D eigenvalue weighted by Crippen LogP contribution is -2.10. The predicted molar refractivity (Wildman–Crippen MR) is 92.3 cm³/mol. The molecule has 24 heavy (non-hydrogen) atoms. The van der Waals surface area contributed by atoms with E-state index >= 15 is 0 Å². The van der Waals surface area contributed by atoms with Crippen molar-refractivity contribution in [3.05, 3.63) is 58.7 Å². The molecule has 0 aliphatic rings. The standard InChI is InChI=1S/C16H9ClN4O2S/c17-12-10-3-1-2-4-11(10)24-13(12)14(22)19-16-21-20-15(23-16)9-5-7-18-8-6-9/h1-8H,(H,19,21,22). The van der Waals surface area contributed by atoms with Crippen LogP contribution in [0, 0.1) is 0 Å². The first-order chi connectivity index (χ1) is 11.7. The van der Waals surface area contributed by atoms with Crippen LogP contribution in [0.5, 0.6) is 0 Å². The highest BCUT2D eigenvalue weighted by Gasteiger charge is 2.19. The Hall–Kier alpha value is -2.77. The Morgan fingerprint density at radius 3 is 2.71 bits per heavy atom. The number of carbonyl (C=O) groups excluding carboxylic acids is 1. The fourth-order valence-corrected chi connectivity index (χ4v) is 3.61. The summed E-state index contributed by atoms with van der Waals surface area (Å²) in [5.74, 6) is -0.0822. The maximum Gasteiger partial charge on any atom is 0.322 e. The van der Waals surface area contributed by atoms with Crippen molar-refractivity contribution < 1.29 is 9.21 Å². The number of benzene rings is 1. The van der Waals surface area contributed by atoms with Crippen molar-refractivity contribution >= 4 is 44.9 Å². The fourth-order valence-electron chi connectivity index (χ4n) is 2.20. The average Bonchev–Trinajstić information content (AvgIpc) is 3.21. The van der Waals surface area contributed by atoms with E-state index in [1.807, 2.05) is 24.3 Å². The highest BCUT2D eigenvalue weighted by molar-refractivity contribution is 7.21. The van der Waals surface area contributed by atoms with Gasteiger partial charge in [0.1, 0.15) is 4.88 Å². The Morgan fingerprint density at radius 1 is 1.12 bits per heavy atom. The van der Waals surface area contributed by atoms with Gasteiger partial charge in [0, 0.05) is 28.0 Å². The number of halogens is 1. The highest BCUT2D eigenvalue weighted by atomic mass is 35.5. The maximum absolute atomic E-state index is 12.4. The van der Waals surface area contributed by atoms with Crippen molar-refractivity contribution in [2.45, 2.75) is 0 Å². The molecule has 8 heteroatoms. The summed E-state index contributed by atoms with van der Waals surface area (Å²) in [5.41, 5.74) is 0.720. The second-order valence-corrected chi connectivity index (χ2v) is 6.27. The Bertz CT molecular complexity index is 1030. The molecule has 0 aliphatic carbocycles. The van der Waals surface area contributed by atoms with Gasteiger partial charge in [-0.05, 0) is 18.2 Å². The molecule has 3 aromatic heterocycles. The summed E-state index contributed by atoms with van der Waals surface area (Å²) in [4.78, 5) is 16.8. The Morgan fingerprint density at radius 2 is 1.92 bits per heavy atom. The van der Waals surface area contributed by atoms with Crippen molar-refractivity contribution in [2.75, 3.05) is 5.32 Å². The molecule has 1 amide bonds. The van der Waals surface area contributed by atoms with E-state index in [2.05, 4.69) is 20.5 Å². The van der Waals surface area contributed by atoms with Crippen LogP contribution < -0.4 is 5.32 Å². The number of thiophene rings is 1. The topological polar surface area (TPSA) is 80.9 Å². The van der Waals surface area contributed by atoms with Gasteiger partial charge in [0.15, 0.2) is 0 Å². The van der Waals surface area contributed by atoms with E-state index < -0.39 is 0 Å². The third-order valence-electron chi connectivity index (χ3n) is 3.31. The normalized spacial score (nSPS) is 10.9. The lowest BCUT2D eigenvalue weighted by atomic mass is 10.2. The van der Waals surface area contributed by atoms with Gasteiger partial charge in [-0.3, -0.25) is 15.1 Å². The third kappa shape index (κ3) is 2.64. The van der Waals surface area contributed by atoms with Crippen molar-refractivity contribution in [3.63, 3.8) is 0 Å². The molecule has 0 unspecified atom stereocenters. The first kappa shape index (κ1) is 14.8. The first-order valence-electron chi connectivity index (χ1n) is 6.94. The quantitative estimate of drug-likeness (QED) is 0.593. The van der Waals surface area contributed by atoms with Crippen LogP contribution in [-0.2, 0) is 0 Å². The predicted octanol–water partition coefficient (Wildman–Crippen LogP) is 4.25. The summed E-state index contributed by atoms with van der Waals surface area (Å²) in [5, 5.41) is 11.6. The highest BCUT2D eigenvalue weighted by Crippen LogP contribution is 2.35. The van der Waals surface area contributed by atoms with Crippen molar-refractivity contribution in [1.82, 2.24) is 15.2 Å². The molecule has 4 rings (SSSR count). The van der Waals surface area contributed by atoms with Crippen LogP contribution in [0.4, 0.5) is 6.01 Å². The molecule has 3 heterocycles. The molecular weight excluding hydrogens is 348 g/mol. The number of nitrogens with one attached hydrogen (secondary N) is 1. The molecule has 0 saturated carbocycles. The molecule has 1 N–H and O–H groups in total. The lowest BCUT2D eigenvalue weighted by Gasteiger charge is -1.98. The lowest BCUT2D eigenvalue weighted by molar-refractivity contribution is 0.102. The summed E-state index contributed by atoms with van der Waals surface area (Å²) in [6.45, 7) is 0. The summed E-state index contributed by atoms with van der Waals surface area (Å²) < 4.78 is 6.40. The fraction of sp³-hybridized carbons (Fsp3) is 0. The number of rotatable bonds is 3. The molecule has 1 aromatic carbocycles. The van der Waals surface area contributed by atoms with Crippen molar-refractivity contribution in [2.24, 2.45) is 0 Å². The minimum atomic E-state index is -0.383. The van der Waals surface area contributed by atoms with Gasteiger partial charge >= 0.3 is 6.01 Å². The van der Waals surface area contributed by atoms with Gasteiger partial charge in [-0.1, -0.05) is 34.9 Å². The molecule has 4 aromatic rings. The van der Waals surface area contributed by atoms with Crippen LogP contribution >= 0.6 is 22.9 Å². The summed E-state index contributed by atoms with van der Waals surface area (Å²) >= 11 is 7.61. The van der Waals surface area contributed by atoms with E-state index in [4.69, 9.17) is 16.0 Å². The Labute approximate surface area is 145 Å². The summed E-state index contributed by atoms with van der Waals surface area (Å²) in [7, 11) is 0. The Balaban J connectivity index is 1.60. The first-order valence-corrected chi connectivity index (χ1v) is 8.14. The van der Waals surface area contributed by atoms with Crippen LogP contribution in [0.3, 0.4) is 0 Å². The molecule has 118 valence electrons. The maximum atomic E-state index is 12.4. The number of hydrogen-bond donors (Lipinski definition) is 1. The molecule has 0 bridgehead atoms. The second kappa shape index (κ2) is 6.03. The minimum absolute atomic E-state index is 0.0142. The number of amides is 1. The monoisotopic (exact) mass is 356 g/mol. The van der Waals surface area contributed by atoms with Gasteiger partial charge in [-0.2, -0.15) is 0 Å². The molecule has 0 fully saturated rings. The molecular formula is C16H9ClN4O2S. The number of anilines is 1. The zero-order valence-electron chi connectivity index (χ0n) is 12.1. The van der Waals surface area contributed by atoms with Crippen molar-refractivity contribution in [1.29, 1.82) is 0 Å². The SMILES string of the molecule is O=C(Nc1nnc(-c2ccncc2)o1)c1sc2ccccc2c1Cl. The van der Waals surface area contributed by atoms with Gasteiger partial charge < -0.3 is 4.42 Å². The zero-order valence-corrected chi connectivity index (χ0v) is 13.6. The Kier molecular flexibility index (Phi) is 3.72. The smallest absolute Gasteiger partial charge is 0.322 e. The molecule has 6 nitrogen and oxygen atoms in total. The number of aromatic nitrogens is 3. The van der Waals surface area contributed by atoms with Gasteiger partial charge in [0.2, 0.25) is 5.89 Å². The van der Waals surface area contributed by atoms with Gasteiger partial charge in [0.25, 0.3) is 5.91 Å². The van der Waals surface area contributed by atoms with E-state index in [1.165, 1.54) is 11.3 Å². The number of pyridine rings is 1. The van der Waals surface area contributed by atoms with E-state index in [0.29, 0.717) is 15.8 Å². The van der Waals surface area contributed by atoms with Crippen LogP contribution in [-0.4, -0.2) is 21.1 Å². The molecule has 0 saturated heterocycles. The van der Waals surface area contributed by atoms with E-state index in [9.17, 15) is 4.79 Å². The van der Waals surface area contributed by atoms with Crippen molar-refractivity contribution in [3.8, 4) is 11.5 Å². The number of fused-ring (bicyclic) bond motifs is 1. The van der Waals surface area contributed by atoms with Gasteiger partial charge in [-0.15, -0.1) is 16.4 Å². The van der Waals surface area contributed by atoms with E-state index in [-0.39, 0.29) is 11.9 Å². The zero-order chi connectivity index (χ0) is 16.5. The molecule has 0 atom stereocenters. The van der Waals surface area contributed by atoms with Crippen LogP contribution in [0.25, 0.3) is 21.5 Å². The average molecular weight is 357 g/mol. The number of hydrogen-bond acceptors (Lipinski definition) is 6. The second-order valence-electron chi connectivity index (χ2n) is 4.84. The van der Waals surface area contributed by atoms with Crippen LogP contribution in [0.1, 0.15) is 9.67 Å². The largest absolute Gasteiger partial charge is 0.403 e. The molecule has 0 spiro atoms. The summed E-state index contributed by atoms with van der Waals surface area (Å²) in [6, 6.07) is 11.1.